The minimum Gasteiger partial charge on any atom is -0.466 e. The van der Waals surface area contributed by atoms with E-state index in [-0.39, 0.29) is 18.3 Å². The minimum atomic E-state index is -0.454. The van der Waals surface area contributed by atoms with Crippen LogP contribution in [0.1, 0.15) is 25.3 Å². The van der Waals surface area contributed by atoms with Crippen molar-refractivity contribution in [3.05, 3.63) is 35.9 Å². The maximum Gasteiger partial charge on any atom is 0.306 e. The molecule has 1 amide bonds. The van der Waals surface area contributed by atoms with E-state index in [0.717, 1.165) is 5.56 Å². The molecule has 1 aromatic carbocycles. The van der Waals surface area contributed by atoms with Gasteiger partial charge < -0.3 is 10.1 Å². The molecule has 18 heavy (non-hydrogen) atoms. The number of ether oxygens (including phenoxy) is 1. The van der Waals surface area contributed by atoms with Crippen LogP contribution in [0.4, 0.5) is 0 Å². The fourth-order valence-corrected chi connectivity index (χ4v) is 2.41. The predicted molar refractivity (Wildman–Crippen MR) is 67.0 cm³/mol. The first-order valence-electron chi connectivity index (χ1n) is 6.14. The Morgan fingerprint density at radius 3 is 2.67 bits per heavy atom. The first-order chi connectivity index (χ1) is 8.66. The van der Waals surface area contributed by atoms with Crippen molar-refractivity contribution in [2.45, 2.75) is 25.2 Å². The number of hydrogen-bond donors (Lipinski definition) is 1. The van der Waals surface area contributed by atoms with Gasteiger partial charge in [-0.15, -0.1) is 0 Å². The van der Waals surface area contributed by atoms with Crippen molar-refractivity contribution in [3.8, 4) is 0 Å². The monoisotopic (exact) mass is 247 g/mol. The molecule has 1 saturated heterocycles. The van der Waals surface area contributed by atoms with Crippen molar-refractivity contribution in [2.24, 2.45) is 0 Å². The Kier molecular flexibility index (Phi) is 3.65. The standard InChI is InChI=1S/C14H17NO3/c1-2-18-13(17)9-14(8-12(16)15-10-14)11-6-4-3-5-7-11/h3-7H,2,8-10H2,1H3,(H,15,16). The van der Waals surface area contributed by atoms with Crippen molar-refractivity contribution in [1.29, 1.82) is 0 Å². The topological polar surface area (TPSA) is 55.4 Å². The molecular formula is C14H17NO3. The second-order valence-electron chi connectivity index (χ2n) is 4.58. The summed E-state index contributed by atoms with van der Waals surface area (Å²) in [5, 5.41) is 2.81. The number of carbonyl (C=O) groups is 2. The fraction of sp³-hybridized carbons (Fsp3) is 0.429. The first-order valence-corrected chi connectivity index (χ1v) is 6.14. The molecule has 0 bridgehead atoms. The summed E-state index contributed by atoms with van der Waals surface area (Å²) in [6.07, 6.45) is 0.583. The molecule has 0 saturated carbocycles. The lowest BCUT2D eigenvalue weighted by Crippen LogP contribution is -2.32. The summed E-state index contributed by atoms with van der Waals surface area (Å²) < 4.78 is 5.01. The molecule has 0 spiro atoms. The maximum absolute atomic E-state index is 11.7. The van der Waals surface area contributed by atoms with E-state index in [2.05, 4.69) is 5.32 Å². The van der Waals surface area contributed by atoms with Crippen LogP contribution in [0.2, 0.25) is 0 Å². The summed E-state index contributed by atoms with van der Waals surface area (Å²) >= 11 is 0. The average molecular weight is 247 g/mol. The zero-order chi connectivity index (χ0) is 13.0. The zero-order valence-electron chi connectivity index (χ0n) is 10.4. The number of hydrogen-bond acceptors (Lipinski definition) is 3. The summed E-state index contributed by atoms with van der Waals surface area (Å²) in [6.45, 7) is 2.64. The van der Waals surface area contributed by atoms with E-state index in [0.29, 0.717) is 19.6 Å². The van der Waals surface area contributed by atoms with Gasteiger partial charge in [0.1, 0.15) is 0 Å². The van der Waals surface area contributed by atoms with Gasteiger partial charge in [0.25, 0.3) is 0 Å². The van der Waals surface area contributed by atoms with Gasteiger partial charge in [-0.2, -0.15) is 0 Å². The van der Waals surface area contributed by atoms with E-state index in [1.165, 1.54) is 0 Å². The van der Waals surface area contributed by atoms with E-state index in [1.807, 2.05) is 30.3 Å². The van der Waals surface area contributed by atoms with Gasteiger partial charge in [-0.3, -0.25) is 9.59 Å². The number of nitrogens with one attached hydrogen (secondary N) is 1. The molecule has 1 heterocycles. The number of esters is 1. The Balaban J connectivity index is 2.25. The average Bonchev–Trinajstić information content (AvgIpc) is 2.73. The molecule has 4 heteroatoms. The smallest absolute Gasteiger partial charge is 0.306 e. The second-order valence-corrected chi connectivity index (χ2v) is 4.58. The highest BCUT2D eigenvalue weighted by Crippen LogP contribution is 2.35. The van der Waals surface area contributed by atoms with Crippen LogP contribution in [-0.2, 0) is 19.7 Å². The van der Waals surface area contributed by atoms with Crippen molar-refractivity contribution < 1.29 is 14.3 Å². The molecule has 0 aliphatic carbocycles. The van der Waals surface area contributed by atoms with Crippen molar-refractivity contribution >= 4 is 11.9 Å². The van der Waals surface area contributed by atoms with Crippen molar-refractivity contribution in [3.63, 3.8) is 0 Å². The molecule has 0 aromatic heterocycles. The van der Waals surface area contributed by atoms with E-state index in [9.17, 15) is 9.59 Å². The molecule has 2 rings (SSSR count). The highest BCUT2D eigenvalue weighted by Gasteiger charge is 2.42. The Bertz CT molecular complexity index is 444. The van der Waals surface area contributed by atoms with Crippen LogP contribution < -0.4 is 5.32 Å². The van der Waals surface area contributed by atoms with Gasteiger partial charge >= 0.3 is 5.97 Å². The highest BCUT2D eigenvalue weighted by molar-refractivity contribution is 5.83. The Morgan fingerprint density at radius 1 is 1.39 bits per heavy atom. The third-order valence-corrected chi connectivity index (χ3v) is 3.30. The van der Waals surface area contributed by atoms with Crippen LogP contribution in [-0.4, -0.2) is 25.0 Å². The van der Waals surface area contributed by atoms with Crippen LogP contribution in [0.25, 0.3) is 0 Å². The van der Waals surface area contributed by atoms with Crippen LogP contribution in [0, 0.1) is 0 Å². The highest BCUT2D eigenvalue weighted by atomic mass is 16.5. The van der Waals surface area contributed by atoms with Crippen LogP contribution in [0.15, 0.2) is 30.3 Å². The summed E-state index contributed by atoms with van der Waals surface area (Å²) in [5.41, 5.74) is 0.557. The predicted octanol–water partition coefficient (Wildman–Crippen LogP) is 1.40. The molecule has 0 radical (unpaired) electrons. The van der Waals surface area contributed by atoms with Gasteiger partial charge in [0.05, 0.1) is 13.0 Å². The summed E-state index contributed by atoms with van der Waals surface area (Å²) in [4.78, 5) is 23.2. The Morgan fingerprint density at radius 2 is 2.11 bits per heavy atom. The van der Waals surface area contributed by atoms with Gasteiger partial charge in [-0.1, -0.05) is 30.3 Å². The van der Waals surface area contributed by atoms with Crippen molar-refractivity contribution in [1.82, 2.24) is 5.32 Å². The van der Waals surface area contributed by atoms with E-state index in [1.54, 1.807) is 6.92 Å². The maximum atomic E-state index is 11.7. The van der Waals surface area contributed by atoms with Gasteiger partial charge in [-0.05, 0) is 12.5 Å². The zero-order valence-corrected chi connectivity index (χ0v) is 10.4. The molecule has 1 fully saturated rings. The van der Waals surface area contributed by atoms with Gasteiger partial charge in [-0.25, -0.2) is 0 Å². The molecule has 1 aliphatic heterocycles. The van der Waals surface area contributed by atoms with Crippen molar-refractivity contribution in [2.75, 3.05) is 13.2 Å². The molecule has 1 aliphatic rings. The molecule has 1 atom stereocenters. The van der Waals surface area contributed by atoms with Crippen LogP contribution >= 0.6 is 0 Å². The van der Waals surface area contributed by atoms with Crippen LogP contribution in [0.5, 0.6) is 0 Å². The molecule has 1 aromatic rings. The van der Waals surface area contributed by atoms with Crippen LogP contribution in [0.3, 0.4) is 0 Å². The molecule has 4 nitrogen and oxygen atoms in total. The van der Waals surface area contributed by atoms with E-state index in [4.69, 9.17) is 4.74 Å². The lowest BCUT2D eigenvalue weighted by Gasteiger charge is -2.26. The minimum absolute atomic E-state index is 0.0110. The number of rotatable bonds is 4. The Labute approximate surface area is 106 Å². The quantitative estimate of drug-likeness (QED) is 0.818. The number of carbonyl (C=O) groups excluding carboxylic acids is 2. The lowest BCUT2D eigenvalue weighted by molar-refractivity contribution is -0.144. The molecule has 1 unspecified atom stereocenters. The fourth-order valence-electron chi connectivity index (χ4n) is 2.41. The molecule has 96 valence electrons. The largest absolute Gasteiger partial charge is 0.466 e. The third-order valence-electron chi connectivity index (χ3n) is 3.30. The molecule has 1 N–H and O–H groups in total. The lowest BCUT2D eigenvalue weighted by atomic mass is 9.77. The first kappa shape index (κ1) is 12.6. The summed E-state index contributed by atoms with van der Waals surface area (Å²) in [6, 6.07) is 9.68. The summed E-state index contributed by atoms with van der Waals surface area (Å²) in [5.74, 6) is -0.263. The third kappa shape index (κ3) is 2.53. The normalized spacial score (nSPS) is 22.6. The van der Waals surface area contributed by atoms with E-state index >= 15 is 0 Å². The number of benzene rings is 1. The molecular weight excluding hydrogens is 230 g/mol. The number of amides is 1. The second kappa shape index (κ2) is 5.21. The van der Waals surface area contributed by atoms with Gasteiger partial charge in [0.2, 0.25) is 5.91 Å². The Hall–Kier alpha value is -1.84. The summed E-state index contributed by atoms with van der Waals surface area (Å²) in [7, 11) is 0. The van der Waals surface area contributed by atoms with E-state index < -0.39 is 5.41 Å². The SMILES string of the molecule is CCOC(=O)CC1(c2ccccc2)CNC(=O)C1. The van der Waals surface area contributed by atoms with Gasteiger partial charge in [0.15, 0.2) is 0 Å². The van der Waals surface area contributed by atoms with Gasteiger partial charge in [0, 0.05) is 18.4 Å².